The molecule has 1 aliphatic rings. The molecule has 0 unspecified atom stereocenters. The number of imidazole rings is 1. The third-order valence-electron chi connectivity index (χ3n) is 8.62. The van der Waals surface area contributed by atoms with Gasteiger partial charge in [-0.2, -0.15) is 0 Å². The predicted octanol–water partition coefficient (Wildman–Crippen LogP) is 6.05. The van der Waals surface area contributed by atoms with E-state index in [1.54, 1.807) is 6.92 Å². The van der Waals surface area contributed by atoms with E-state index >= 15 is 0 Å². The maximum absolute atomic E-state index is 12.1. The van der Waals surface area contributed by atoms with Crippen LogP contribution in [0, 0.1) is 5.92 Å². The van der Waals surface area contributed by atoms with Gasteiger partial charge in [-0.05, 0) is 52.9 Å². The van der Waals surface area contributed by atoms with Crippen LogP contribution in [0.3, 0.4) is 0 Å². The first-order valence-corrected chi connectivity index (χ1v) is 16.2. The first-order valence-electron chi connectivity index (χ1n) is 16.2. The van der Waals surface area contributed by atoms with E-state index in [4.69, 9.17) is 14.2 Å². The fraction of sp³-hybridized carbons (Fsp3) is 0.289. The Morgan fingerprint density at radius 1 is 0.875 bits per heavy atom. The van der Waals surface area contributed by atoms with Gasteiger partial charge in [-0.25, -0.2) is 9.78 Å². The number of urea groups is 1. The van der Waals surface area contributed by atoms with Gasteiger partial charge in [0.2, 0.25) is 0 Å². The minimum absolute atomic E-state index is 0.0123. The van der Waals surface area contributed by atoms with Crippen LogP contribution >= 0.6 is 0 Å². The van der Waals surface area contributed by atoms with Crippen molar-refractivity contribution in [2.24, 2.45) is 5.92 Å². The highest BCUT2D eigenvalue weighted by molar-refractivity contribution is 5.80. The maximum Gasteiger partial charge on any atom is 0.325 e. The lowest BCUT2D eigenvalue weighted by Gasteiger charge is -2.41. The fourth-order valence-corrected chi connectivity index (χ4v) is 5.98. The summed E-state index contributed by atoms with van der Waals surface area (Å²) in [6.45, 7) is 4.86. The molecule has 5 aromatic rings. The molecule has 10 heteroatoms. The summed E-state index contributed by atoms with van der Waals surface area (Å²) >= 11 is 0. The molecule has 4 aromatic carbocycles. The smallest absolute Gasteiger partial charge is 0.325 e. The van der Waals surface area contributed by atoms with Crippen molar-refractivity contribution < 1.29 is 28.9 Å². The van der Waals surface area contributed by atoms with Crippen molar-refractivity contribution >= 4 is 23.0 Å². The zero-order chi connectivity index (χ0) is 33.5. The lowest BCUT2D eigenvalue weighted by atomic mass is 9.90. The van der Waals surface area contributed by atoms with Crippen molar-refractivity contribution in [2.45, 2.75) is 52.0 Å². The molecular formula is C38H40N4O6. The van der Waals surface area contributed by atoms with Gasteiger partial charge in [-0.1, -0.05) is 85.8 Å². The number of aliphatic hydroxyl groups excluding tert-OH is 1. The molecule has 3 N–H and O–H groups in total. The number of fused-ring (bicyclic) bond motifs is 1. The van der Waals surface area contributed by atoms with Crippen molar-refractivity contribution in [1.82, 2.24) is 20.2 Å². The molecule has 0 bridgehead atoms. The number of amides is 2. The van der Waals surface area contributed by atoms with Crippen LogP contribution in [0.25, 0.3) is 22.2 Å². The van der Waals surface area contributed by atoms with Crippen molar-refractivity contribution in [3.05, 3.63) is 126 Å². The Morgan fingerprint density at radius 2 is 1.65 bits per heavy atom. The quantitative estimate of drug-likeness (QED) is 0.149. The van der Waals surface area contributed by atoms with Crippen molar-refractivity contribution in [3.8, 4) is 11.1 Å². The number of aliphatic hydroxyl groups is 1. The van der Waals surface area contributed by atoms with Crippen LogP contribution in [-0.2, 0) is 38.7 Å². The molecule has 48 heavy (non-hydrogen) atoms. The van der Waals surface area contributed by atoms with E-state index < -0.39 is 18.3 Å². The topological polar surface area (TPSA) is 124 Å². The molecule has 6 rings (SSSR count). The first-order chi connectivity index (χ1) is 23.4. The average molecular weight is 649 g/mol. The Hall–Kier alpha value is -5.03. The van der Waals surface area contributed by atoms with Crippen molar-refractivity contribution in [3.63, 3.8) is 0 Å². The largest absolute Gasteiger partial charge is 0.465 e. The Balaban J connectivity index is 1.18. The Bertz CT molecular complexity index is 1840. The van der Waals surface area contributed by atoms with Crippen LogP contribution in [0.5, 0.6) is 0 Å². The molecule has 0 spiro atoms. The van der Waals surface area contributed by atoms with E-state index in [2.05, 4.69) is 33.2 Å². The fourth-order valence-electron chi connectivity index (χ4n) is 5.98. The zero-order valence-electron chi connectivity index (χ0n) is 27.0. The number of hydrogen-bond donors (Lipinski definition) is 3. The van der Waals surface area contributed by atoms with E-state index in [0.29, 0.717) is 13.1 Å². The summed E-state index contributed by atoms with van der Waals surface area (Å²) in [5.74, 6) is -0.448. The van der Waals surface area contributed by atoms with Gasteiger partial charge in [-0.15, -0.1) is 0 Å². The van der Waals surface area contributed by atoms with Gasteiger partial charge >= 0.3 is 12.0 Å². The van der Waals surface area contributed by atoms with Gasteiger partial charge in [0.25, 0.3) is 0 Å². The third-order valence-corrected chi connectivity index (χ3v) is 8.62. The average Bonchev–Trinajstić information content (AvgIpc) is 3.53. The van der Waals surface area contributed by atoms with Crippen LogP contribution in [0.15, 0.2) is 103 Å². The van der Waals surface area contributed by atoms with E-state index in [-0.39, 0.29) is 37.9 Å². The molecule has 2 heterocycles. The summed E-state index contributed by atoms with van der Waals surface area (Å²) in [5.41, 5.74) is 7.71. The van der Waals surface area contributed by atoms with Gasteiger partial charge < -0.3 is 34.5 Å². The van der Waals surface area contributed by atoms with Crippen molar-refractivity contribution in [1.29, 1.82) is 0 Å². The van der Waals surface area contributed by atoms with Crippen LogP contribution in [0.1, 0.15) is 48.5 Å². The number of hydrogen-bond acceptors (Lipinski definition) is 7. The number of benzene rings is 4. The lowest BCUT2D eigenvalue weighted by Crippen LogP contribution is -2.39. The Morgan fingerprint density at radius 3 is 2.42 bits per heavy atom. The predicted molar refractivity (Wildman–Crippen MR) is 181 cm³/mol. The van der Waals surface area contributed by atoms with E-state index in [1.807, 2.05) is 97.3 Å². The highest BCUT2D eigenvalue weighted by Gasteiger charge is 2.38. The molecule has 1 aromatic heterocycles. The molecule has 1 saturated heterocycles. The van der Waals surface area contributed by atoms with Crippen LogP contribution in [-0.4, -0.2) is 45.9 Å². The number of esters is 1. The number of aromatic nitrogens is 2. The molecule has 2 amide bonds. The summed E-state index contributed by atoms with van der Waals surface area (Å²) in [6.07, 6.45) is 0.878. The van der Waals surface area contributed by atoms with Gasteiger partial charge in [0.1, 0.15) is 6.54 Å². The molecule has 4 atom stereocenters. The van der Waals surface area contributed by atoms with Gasteiger partial charge in [-0.3, -0.25) is 4.79 Å². The highest BCUT2D eigenvalue weighted by Crippen LogP contribution is 2.42. The van der Waals surface area contributed by atoms with Crippen molar-refractivity contribution in [2.75, 3.05) is 13.2 Å². The number of rotatable bonds is 11. The summed E-state index contributed by atoms with van der Waals surface area (Å²) in [5, 5.41) is 14.9. The normalized spacial score (nSPS) is 19.1. The third kappa shape index (κ3) is 7.74. The number of nitrogens with zero attached hydrogens (tertiary/aromatic N) is 2. The minimum atomic E-state index is -0.596. The Labute approximate surface area is 279 Å². The maximum atomic E-state index is 12.1. The van der Waals surface area contributed by atoms with E-state index in [0.717, 1.165) is 44.4 Å². The molecule has 0 aliphatic carbocycles. The Kier molecular flexibility index (Phi) is 10.4. The number of para-hydroxylation sites is 2. The molecule has 1 fully saturated rings. The van der Waals surface area contributed by atoms with E-state index in [9.17, 15) is 14.7 Å². The summed E-state index contributed by atoms with van der Waals surface area (Å²) < 4.78 is 20.3. The van der Waals surface area contributed by atoms with Gasteiger partial charge in [0.15, 0.2) is 6.29 Å². The number of carbonyl (C=O) groups excluding carboxylic acids is 2. The second-order valence-corrected chi connectivity index (χ2v) is 11.9. The van der Waals surface area contributed by atoms with Gasteiger partial charge in [0.05, 0.1) is 49.3 Å². The van der Waals surface area contributed by atoms with Gasteiger partial charge in [0, 0.05) is 18.0 Å². The summed E-state index contributed by atoms with van der Waals surface area (Å²) in [4.78, 5) is 28.2. The number of carbonyl (C=O) groups is 2. The molecular weight excluding hydrogens is 608 g/mol. The molecule has 10 nitrogen and oxygen atoms in total. The standard InChI is InChI=1S/C38H40N4O6/c1-3-46-35(44)21-40-38(45)39-20-27-7-6-8-31(19-27)28-15-17-30(18-16-28)37-47-34(22-42-24-41-32-9-4-5-10-33(32)42)25(2)36(48-37)29-13-11-26(23-43)12-14-29/h4-19,24-25,34,36-37,43H,3,20-23H2,1-2H3,(H2,39,40,45)/t25-,34+,36+,37+/m0/s1. The summed E-state index contributed by atoms with van der Waals surface area (Å²) in [6, 6.07) is 31.6. The minimum Gasteiger partial charge on any atom is -0.465 e. The second kappa shape index (κ2) is 15.2. The highest BCUT2D eigenvalue weighted by atomic mass is 16.7. The van der Waals surface area contributed by atoms with Crippen LogP contribution < -0.4 is 10.6 Å². The monoisotopic (exact) mass is 648 g/mol. The lowest BCUT2D eigenvalue weighted by molar-refractivity contribution is -0.276. The van der Waals surface area contributed by atoms with Crippen LogP contribution in [0.2, 0.25) is 0 Å². The molecule has 248 valence electrons. The molecule has 1 aliphatic heterocycles. The summed E-state index contributed by atoms with van der Waals surface area (Å²) in [7, 11) is 0. The number of nitrogens with one attached hydrogen (secondary N) is 2. The van der Waals surface area contributed by atoms with Crippen LogP contribution in [0.4, 0.5) is 4.79 Å². The molecule has 0 radical (unpaired) electrons. The SMILES string of the molecule is CCOC(=O)CNC(=O)NCc1cccc(-c2ccc([C@@H]3O[C@H](Cn4cnc5ccccc54)[C@H](C)[C@H](c4ccc(CO)cc4)O3)cc2)c1. The van der Waals surface area contributed by atoms with E-state index in [1.165, 1.54) is 0 Å². The zero-order valence-corrected chi connectivity index (χ0v) is 27.0. The second-order valence-electron chi connectivity index (χ2n) is 11.9. The first kappa shape index (κ1) is 32.9. The number of ether oxygens (including phenoxy) is 3. The molecule has 0 saturated carbocycles.